The first-order valence-electron chi connectivity index (χ1n) is 13.8. The summed E-state index contributed by atoms with van der Waals surface area (Å²) in [6.07, 6.45) is 12.5. The van der Waals surface area contributed by atoms with E-state index in [0.29, 0.717) is 11.1 Å². The quantitative estimate of drug-likeness (QED) is 0.206. The van der Waals surface area contributed by atoms with Gasteiger partial charge in [-0.25, -0.2) is 0 Å². The minimum absolute atomic E-state index is 0.0240. The van der Waals surface area contributed by atoms with E-state index in [2.05, 4.69) is 85.0 Å². The molecule has 0 heterocycles. The molecule has 1 aliphatic rings. The summed E-state index contributed by atoms with van der Waals surface area (Å²) < 4.78 is 0. The molecule has 1 aliphatic carbocycles. The molecule has 0 spiro atoms. The predicted molar refractivity (Wildman–Crippen MR) is 168 cm³/mol. The van der Waals surface area contributed by atoms with E-state index in [1.165, 1.54) is 5.57 Å². The van der Waals surface area contributed by atoms with Crippen LogP contribution < -0.4 is 0 Å². The number of ketones is 1. The van der Waals surface area contributed by atoms with Crippen molar-refractivity contribution in [3.8, 4) is 33.4 Å². The van der Waals surface area contributed by atoms with Gasteiger partial charge < -0.3 is 0 Å². The number of carbonyl (C=O) groups is 1. The lowest BCUT2D eigenvalue weighted by molar-refractivity contribution is 0.103. The second kappa shape index (κ2) is 11.8. The topological polar surface area (TPSA) is 17.1 Å². The SMILES string of the molecule is O=C(c1cc(/C2=C/C=C\C=C/CC2)cc(-c2ccccc2)c1)c1cc(-c2ccccc2)cc(-c2ccccc2)c1. The Hall–Kier alpha value is -5.01. The molecular weight excluding hydrogens is 484 g/mol. The van der Waals surface area contributed by atoms with Crippen molar-refractivity contribution in [1.29, 1.82) is 0 Å². The van der Waals surface area contributed by atoms with Crippen LogP contribution in [0.5, 0.6) is 0 Å². The molecule has 0 atom stereocenters. The Morgan fingerprint density at radius 1 is 0.450 bits per heavy atom. The molecule has 0 aromatic heterocycles. The van der Waals surface area contributed by atoms with E-state index in [9.17, 15) is 4.79 Å². The second-order valence-electron chi connectivity index (χ2n) is 10.1. The number of carbonyl (C=O) groups excluding carboxylic acids is 1. The Kier molecular flexibility index (Phi) is 7.46. The van der Waals surface area contributed by atoms with Crippen molar-refractivity contribution in [3.63, 3.8) is 0 Å². The third-order valence-electron chi connectivity index (χ3n) is 7.32. The molecule has 1 nitrogen and oxygen atoms in total. The van der Waals surface area contributed by atoms with Gasteiger partial charge in [0.1, 0.15) is 0 Å². The van der Waals surface area contributed by atoms with Gasteiger partial charge >= 0.3 is 0 Å². The molecular formula is C39H30O. The van der Waals surface area contributed by atoms with Gasteiger partial charge in [0, 0.05) is 11.1 Å². The van der Waals surface area contributed by atoms with Gasteiger partial charge in [-0.15, -0.1) is 0 Å². The number of hydrogen-bond acceptors (Lipinski definition) is 1. The van der Waals surface area contributed by atoms with Crippen molar-refractivity contribution in [3.05, 3.63) is 174 Å². The van der Waals surface area contributed by atoms with Crippen LogP contribution in [0, 0.1) is 0 Å². The Bertz CT molecular complexity index is 1660. The van der Waals surface area contributed by atoms with Gasteiger partial charge in [-0.05, 0) is 93.8 Å². The molecule has 0 aliphatic heterocycles. The first-order valence-corrected chi connectivity index (χ1v) is 13.8. The lowest BCUT2D eigenvalue weighted by Gasteiger charge is -2.14. The van der Waals surface area contributed by atoms with Gasteiger partial charge in [0.2, 0.25) is 0 Å². The smallest absolute Gasteiger partial charge is 0.193 e. The third kappa shape index (κ3) is 5.70. The molecule has 0 saturated carbocycles. The zero-order valence-corrected chi connectivity index (χ0v) is 22.3. The fraction of sp³-hybridized carbons (Fsp3) is 0.0513. The van der Waals surface area contributed by atoms with Gasteiger partial charge in [0.25, 0.3) is 0 Å². The minimum atomic E-state index is 0.0240. The lowest BCUT2D eigenvalue weighted by atomic mass is 9.89. The molecule has 5 aromatic rings. The highest BCUT2D eigenvalue weighted by Gasteiger charge is 2.17. The zero-order valence-electron chi connectivity index (χ0n) is 22.3. The molecule has 0 fully saturated rings. The third-order valence-corrected chi connectivity index (χ3v) is 7.32. The van der Waals surface area contributed by atoms with Crippen molar-refractivity contribution < 1.29 is 4.79 Å². The fourth-order valence-electron chi connectivity index (χ4n) is 5.23. The van der Waals surface area contributed by atoms with Crippen LogP contribution in [0.3, 0.4) is 0 Å². The van der Waals surface area contributed by atoms with Crippen molar-refractivity contribution in [2.75, 3.05) is 0 Å². The van der Waals surface area contributed by atoms with Gasteiger partial charge in [-0.2, -0.15) is 0 Å². The van der Waals surface area contributed by atoms with E-state index < -0.39 is 0 Å². The van der Waals surface area contributed by atoms with Crippen molar-refractivity contribution in [1.82, 2.24) is 0 Å². The molecule has 0 unspecified atom stereocenters. The molecule has 0 radical (unpaired) electrons. The fourth-order valence-corrected chi connectivity index (χ4v) is 5.23. The van der Waals surface area contributed by atoms with Crippen molar-refractivity contribution in [2.24, 2.45) is 0 Å². The van der Waals surface area contributed by atoms with Crippen molar-refractivity contribution in [2.45, 2.75) is 12.8 Å². The van der Waals surface area contributed by atoms with Crippen molar-refractivity contribution >= 4 is 11.4 Å². The van der Waals surface area contributed by atoms with E-state index >= 15 is 0 Å². The highest BCUT2D eigenvalue weighted by atomic mass is 16.1. The standard InChI is InChI=1S/C39H30O/c40-39(38-27-35(31-19-11-5-12-20-31)24-36(28-38)32-21-13-6-14-22-32)37-25-33(29-15-7-2-1-3-8-16-29)23-34(26-37)30-17-9-4-10-18-30/h1-7,9-15,17-28H,8,16H2/b3-1-,7-2-,29-15+. The number of hydrogen-bond donors (Lipinski definition) is 0. The van der Waals surface area contributed by atoms with Crippen LogP contribution in [0.1, 0.15) is 34.3 Å². The molecule has 0 bridgehead atoms. The molecule has 6 rings (SSSR count). The van der Waals surface area contributed by atoms with Gasteiger partial charge in [0.05, 0.1) is 0 Å². The van der Waals surface area contributed by atoms with E-state index in [-0.39, 0.29) is 5.78 Å². The summed E-state index contributed by atoms with van der Waals surface area (Å²) in [4.78, 5) is 14.3. The maximum absolute atomic E-state index is 14.3. The van der Waals surface area contributed by atoms with E-state index in [4.69, 9.17) is 0 Å². The highest BCUT2D eigenvalue weighted by Crippen LogP contribution is 2.32. The van der Waals surface area contributed by atoms with E-state index in [1.807, 2.05) is 72.8 Å². The zero-order chi connectivity index (χ0) is 27.1. The number of rotatable bonds is 6. The van der Waals surface area contributed by atoms with Gasteiger partial charge in [-0.1, -0.05) is 121 Å². The maximum Gasteiger partial charge on any atom is 0.193 e. The van der Waals surface area contributed by atoms with Gasteiger partial charge in [0.15, 0.2) is 5.78 Å². The Balaban J connectivity index is 1.50. The highest BCUT2D eigenvalue weighted by molar-refractivity contribution is 6.11. The van der Waals surface area contributed by atoms with Crippen LogP contribution in [0.2, 0.25) is 0 Å². The van der Waals surface area contributed by atoms with Crippen LogP contribution in [0.4, 0.5) is 0 Å². The average Bonchev–Trinajstić information content (AvgIpc) is 3.01. The Labute approximate surface area is 236 Å². The van der Waals surface area contributed by atoms with Gasteiger partial charge in [-0.3, -0.25) is 4.79 Å². The first-order chi connectivity index (χ1) is 19.7. The summed E-state index contributed by atoms with van der Waals surface area (Å²) in [7, 11) is 0. The molecule has 0 amide bonds. The van der Waals surface area contributed by atoms with Crippen LogP contribution in [-0.2, 0) is 0 Å². The summed E-state index contributed by atoms with van der Waals surface area (Å²) >= 11 is 0. The van der Waals surface area contributed by atoms with E-state index in [1.54, 1.807) is 0 Å². The average molecular weight is 515 g/mol. The van der Waals surface area contributed by atoms with Crippen LogP contribution in [-0.4, -0.2) is 5.78 Å². The molecule has 1 heteroatoms. The molecule has 0 N–H and O–H groups in total. The summed E-state index contributed by atoms with van der Waals surface area (Å²) in [5, 5.41) is 0. The molecule has 40 heavy (non-hydrogen) atoms. The van der Waals surface area contributed by atoms with Crippen LogP contribution >= 0.6 is 0 Å². The summed E-state index contributed by atoms with van der Waals surface area (Å²) in [5.41, 5.74) is 10.1. The second-order valence-corrected chi connectivity index (χ2v) is 10.1. The summed E-state index contributed by atoms with van der Waals surface area (Å²) in [5.74, 6) is 0.0240. The van der Waals surface area contributed by atoms with Crippen LogP contribution in [0.15, 0.2) is 158 Å². The normalized spacial score (nSPS) is 15.8. The Morgan fingerprint density at radius 2 is 0.900 bits per heavy atom. The van der Waals surface area contributed by atoms with Crippen LogP contribution in [0.25, 0.3) is 39.0 Å². The minimum Gasteiger partial charge on any atom is -0.289 e. The number of allylic oxidation sites excluding steroid dienone is 6. The summed E-state index contributed by atoms with van der Waals surface area (Å²) in [6, 6.07) is 43.4. The maximum atomic E-state index is 14.3. The monoisotopic (exact) mass is 514 g/mol. The Morgan fingerprint density at radius 3 is 1.40 bits per heavy atom. The lowest BCUT2D eigenvalue weighted by Crippen LogP contribution is -2.04. The largest absolute Gasteiger partial charge is 0.289 e. The number of benzene rings is 5. The molecule has 0 saturated heterocycles. The first kappa shape index (κ1) is 25.3. The van der Waals surface area contributed by atoms with E-state index in [0.717, 1.165) is 51.8 Å². The summed E-state index contributed by atoms with van der Waals surface area (Å²) in [6.45, 7) is 0. The molecule has 5 aromatic carbocycles. The molecule has 192 valence electrons. The predicted octanol–water partition coefficient (Wildman–Crippen LogP) is 10.2.